The van der Waals surface area contributed by atoms with Crippen molar-refractivity contribution in [2.75, 3.05) is 0 Å². The van der Waals surface area contributed by atoms with Crippen molar-refractivity contribution in [2.24, 2.45) is 0 Å². The Kier molecular flexibility index (Phi) is 4.80. The Hall–Kier alpha value is -3.43. The molecule has 0 unspecified atom stereocenters. The van der Waals surface area contributed by atoms with Crippen LogP contribution in [0.5, 0.6) is 0 Å². The number of nitrogens with one attached hydrogen (secondary N) is 2. The molecule has 1 aromatic carbocycles. The summed E-state index contributed by atoms with van der Waals surface area (Å²) >= 11 is 0. The van der Waals surface area contributed by atoms with Gasteiger partial charge in [0.05, 0.1) is 11.6 Å². The number of hydrogen-bond donors (Lipinski definition) is 2. The van der Waals surface area contributed by atoms with Crippen LogP contribution in [0.25, 0.3) is 0 Å². The lowest BCUT2D eigenvalue weighted by Gasteiger charge is -2.30. The van der Waals surface area contributed by atoms with E-state index in [1.807, 2.05) is 0 Å². The lowest BCUT2D eigenvalue weighted by atomic mass is 10.0. The fourth-order valence-corrected chi connectivity index (χ4v) is 2.87. The highest BCUT2D eigenvalue weighted by atomic mass is 19.4. The summed E-state index contributed by atoms with van der Waals surface area (Å²) in [4.78, 5) is 41.5. The van der Waals surface area contributed by atoms with Crippen molar-refractivity contribution in [1.82, 2.24) is 20.5 Å². The van der Waals surface area contributed by atoms with E-state index in [2.05, 4.69) is 4.98 Å². The molecule has 2 N–H and O–H groups in total. The average Bonchev–Trinajstić information content (AvgIpc) is 2.93. The van der Waals surface area contributed by atoms with Gasteiger partial charge in [-0.15, -0.1) is 0 Å². The van der Waals surface area contributed by atoms with Crippen molar-refractivity contribution in [2.45, 2.75) is 24.8 Å². The van der Waals surface area contributed by atoms with Crippen LogP contribution >= 0.6 is 0 Å². The number of pyridine rings is 1. The maximum atomic E-state index is 13.9. The van der Waals surface area contributed by atoms with Gasteiger partial charge in [0.1, 0.15) is 0 Å². The van der Waals surface area contributed by atoms with E-state index in [0.29, 0.717) is 10.5 Å². The second-order valence-corrected chi connectivity index (χ2v) is 6.14. The Morgan fingerprint density at radius 2 is 1.86 bits per heavy atom. The van der Waals surface area contributed by atoms with E-state index >= 15 is 0 Å². The van der Waals surface area contributed by atoms with E-state index in [0.717, 1.165) is 6.20 Å². The molecule has 1 fully saturated rings. The van der Waals surface area contributed by atoms with Crippen molar-refractivity contribution in [1.29, 1.82) is 0 Å². The van der Waals surface area contributed by atoms with Gasteiger partial charge in [-0.2, -0.15) is 13.2 Å². The van der Waals surface area contributed by atoms with Crippen LogP contribution in [0.3, 0.4) is 0 Å². The monoisotopic (exact) mass is 392 g/mol. The zero-order valence-electron chi connectivity index (χ0n) is 14.5. The summed E-state index contributed by atoms with van der Waals surface area (Å²) < 4.78 is 41.6. The molecule has 1 aliphatic heterocycles. The molecule has 1 saturated heterocycles. The van der Waals surface area contributed by atoms with E-state index in [9.17, 15) is 27.6 Å². The van der Waals surface area contributed by atoms with Crippen molar-refractivity contribution in [3.8, 4) is 0 Å². The maximum Gasteiger partial charge on any atom is 0.440 e. The molecule has 1 aliphatic rings. The van der Waals surface area contributed by atoms with E-state index < -0.39 is 35.7 Å². The zero-order valence-corrected chi connectivity index (χ0v) is 14.5. The number of alkyl halides is 3. The second-order valence-electron chi connectivity index (χ2n) is 6.14. The normalized spacial score (nSPS) is 20.6. The van der Waals surface area contributed by atoms with Crippen molar-refractivity contribution < 1.29 is 27.6 Å². The highest BCUT2D eigenvalue weighted by molar-refractivity contribution is 6.10. The van der Waals surface area contributed by atoms with E-state index in [-0.39, 0.29) is 5.56 Å². The fraction of sp³-hybridized carbons (Fsp3) is 0.222. The maximum absolute atomic E-state index is 13.9. The predicted molar refractivity (Wildman–Crippen MR) is 90.7 cm³/mol. The largest absolute Gasteiger partial charge is 0.440 e. The van der Waals surface area contributed by atoms with Crippen molar-refractivity contribution in [3.63, 3.8) is 0 Å². The molecule has 28 heavy (non-hydrogen) atoms. The SMILES string of the molecule is C[C@H](c1ccccc1)N1C(=O)N[C@@](NC(=O)c2cccnc2)(C(F)(F)F)C1=O. The minimum Gasteiger partial charge on any atom is -0.314 e. The van der Waals surface area contributed by atoms with Gasteiger partial charge in [-0.05, 0) is 24.6 Å². The lowest BCUT2D eigenvalue weighted by Crippen LogP contribution is -2.69. The van der Waals surface area contributed by atoms with Gasteiger partial charge in [0.2, 0.25) is 0 Å². The van der Waals surface area contributed by atoms with Crippen LogP contribution in [-0.2, 0) is 4.79 Å². The highest BCUT2D eigenvalue weighted by Crippen LogP contribution is 2.37. The molecule has 0 spiro atoms. The van der Waals surface area contributed by atoms with Crippen LogP contribution in [0, 0.1) is 0 Å². The molecule has 0 aliphatic carbocycles. The van der Waals surface area contributed by atoms with Gasteiger partial charge in [0, 0.05) is 12.4 Å². The smallest absolute Gasteiger partial charge is 0.314 e. The summed E-state index contributed by atoms with van der Waals surface area (Å²) in [6, 6.07) is 8.46. The van der Waals surface area contributed by atoms with Crippen LogP contribution in [0.1, 0.15) is 28.9 Å². The molecular weight excluding hydrogens is 377 g/mol. The molecule has 1 aromatic heterocycles. The second kappa shape index (κ2) is 6.95. The summed E-state index contributed by atoms with van der Waals surface area (Å²) in [5.74, 6) is -2.81. The van der Waals surface area contributed by atoms with E-state index in [1.54, 1.807) is 41.0 Å². The number of imide groups is 1. The quantitative estimate of drug-likeness (QED) is 0.782. The van der Waals surface area contributed by atoms with Gasteiger partial charge in [0.25, 0.3) is 17.5 Å². The number of rotatable bonds is 4. The molecule has 4 amide bonds. The molecular formula is C18H15F3N4O3. The standard InChI is InChI=1S/C18H15F3N4O3/c1-11(12-6-3-2-4-7-12)25-15(27)17(18(19,20)21,24-16(25)28)23-14(26)13-8-5-9-22-10-13/h2-11H,1H3,(H,23,26)(H,24,28)/t11-,17-/m1/s1. The molecule has 0 bridgehead atoms. The summed E-state index contributed by atoms with van der Waals surface area (Å²) in [6.07, 6.45) is -2.89. The number of carbonyl (C=O) groups is 3. The molecule has 2 heterocycles. The van der Waals surface area contributed by atoms with Crippen LogP contribution in [0.15, 0.2) is 54.9 Å². The number of benzene rings is 1. The Bertz CT molecular complexity index is 905. The number of nitrogens with zero attached hydrogens (tertiary/aromatic N) is 2. The van der Waals surface area contributed by atoms with Gasteiger partial charge < -0.3 is 5.32 Å². The molecule has 0 radical (unpaired) electrons. The highest BCUT2D eigenvalue weighted by Gasteiger charge is 2.69. The Labute approximate surface area is 157 Å². The van der Waals surface area contributed by atoms with Gasteiger partial charge in [-0.1, -0.05) is 30.3 Å². The topological polar surface area (TPSA) is 91.4 Å². The van der Waals surface area contributed by atoms with Gasteiger partial charge in [-0.25, -0.2) is 4.79 Å². The first-order valence-corrected chi connectivity index (χ1v) is 8.17. The first-order valence-electron chi connectivity index (χ1n) is 8.17. The average molecular weight is 392 g/mol. The predicted octanol–water partition coefficient (Wildman–Crippen LogP) is 2.38. The minimum absolute atomic E-state index is 0.192. The molecule has 0 saturated carbocycles. The molecule has 7 nitrogen and oxygen atoms in total. The molecule has 146 valence electrons. The third-order valence-electron chi connectivity index (χ3n) is 4.37. The van der Waals surface area contributed by atoms with Gasteiger partial charge in [0.15, 0.2) is 0 Å². The number of urea groups is 1. The molecule has 10 heteroatoms. The Balaban J connectivity index is 1.97. The van der Waals surface area contributed by atoms with Crippen molar-refractivity contribution >= 4 is 17.8 Å². The number of halogens is 3. The van der Waals surface area contributed by atoms with Gasteiger partial charge in [-0.3, -0.25) is 24.8 Å². The fourth-order valence-electron chi connectivity index (χ4n) is 2.87. The van der Waals surface area contributed by atoms with Crippen LogP contribution < -0.4 is 10.6 Å². The lowest BCUT2D eigenvalue weighted by molar-refractivity contribution is -0.200. The minimum atomic E-state index is -5.28. The Morgan fingerprint density at radius 1 is 1.18 bits per heavy atom. The zero-order chi connectivity index (χ0) is 20.5. The van der Waals surface area contributed by atoms with E-state index in [1.165, 1.54) is 25.3 Å². The third kappa shape index (κ3) is 3.17. The summed E-state index contributed by atoms with van der Waals surface area (Å²) in [5.41, 5.74) is -3.30. The summed E-state index contributed by atoms with van der Waals surface area (Å²) in [7, 11) is 0. The molecule has 2 atom stereocenters. The number of hydrogen-bond acceptors (Lipinski definition) is 4. The van der Waals surface area contributed by atoms with Crippen LogP contribution in [0.2, 0.25) is 0 Å². The number of aromatic nitrogens is 1. The summed E-state index contributed by atoms with van der Waals surface area (Å²) in [5, 5.41) is 3.26. The third-order valence-corrected chi connectivity index (χ3v) is 4.37. The summed E-state index contributed by atoms with van der Waals surface area (Å²) in [6.45, 7) is 1.42. The van der Waals surface area contributed by atoms with Crippen LogP contribution in [-0.4, -0.2) is 39.6 Å². The van der Waals surface area contributed by atoms with Crippen LogP contribution in [0.4, 0.5) is 18.0 Å². The number of amides is 4. The van der Waals surface area contributed by atoms with Crippen molar-refractivity contribution in [3.05, 3.63) is 66.0 Å². The molecule has 2 aromatic rings. The number of carbonyl (C=O) groups excluding carboxylic acids is 3. The first-order chi connectivity index (χ1) is 13.2. The first kappa shape index (κ1) is 19.3. The van der Waals surface area contributed by atoms with E-state index in [4.69, 9.17) is 0 Å². The van der Waals surface area contributed by atoms with Gasteiger partial charge >= 0.3 is 12.2 Å². The Morgan fingerprint density at radius 3 is 2.43 bits per heavy atom. The molecule has 3 rings (SSSR count).